The quantitative estimate of drug-likeness (QED) is 0.872. The summed E-state index contributed by atoms with van der Waals surface area (Å²) in [6, 6.07) is 0.994. The molecule has 1 aromatic rings. The molecule has 2 amide bonds. The average Bonchev–Trinajstić information content (AvgIpc) is 2.62. The van der Waals surface area contributed by atoms with Crippen molar-refractivity contribution in [1.29, 1.82) is 0 Å². The Morgan fingerprint density at radius 2 is 2.00 bits per heavy atom. The number of carbonyl (C=O) groups excluding carboxylic acids is 1. The highest BCUT2D eigenvalue weighted by Crippen LogP contribution is 2.22. The summed E-state index contributed by atoms with van der Waals surface area (Å²) in [5.74, 6) is -1.16. The summed E-state index contributed by atoms with van der Waals surface area (Å²) in [6.45, 7) is 8.58. The lowest BCUT2D eigenvalue weighted by molar-refractivity contribution is -0.140. The van der Waals surface area contributed by atoms with Crippen LogP contribution in [-0.4, -0.2) is 50.9 Å². The van der Waals surface area contributed by atoms with E-state index in [-0.39, 0.29) is 18.0 Å². The first-order chi connectivity index (χ1) is 9.79. The van der Waals surface area contributed by atoms with Crippen LogP contribution in [0.2, 0.25) is 0 Å². The maximum atomic E-state index is 12.0. The van der Waals surface area contributed by atoms with Gasteiger partial charge in [0.2, 0.25) is 0 Å². The van der Waals surface area contributed by atoms with Gasteiger partial charge in [0.05, 0.1) is 11.7 Å². The molecule has 1 fully saturated rings. The summed E-state index contributed by atoms with van der Waals surface area (Å²) in [7, 11) is 0. The van der Waals surface area contributed by atoms with E-state index in [1.54, 1.807) is 18.7 Å². The van der Waals surface area contributed by atoms with Gasteiger partial charge in [-0.2, -0.15) is 5.10 Å². The predicted molar refractivity (Wildman–Crippen MR) is 77.1 cm³/mol. The van der Waals surface area contributed by atoms with Gasteiger partial charge in [0.15, 0.2) is 0 Å². The highest BCUT2D eigenvalue weighted by molar-refractivity contribution is 5.83. The molecule has 0 bridgehead atoms. The number of aryl methyl sites for hydroxylation is 2. The van der Waals surface area contributed by atoms with Crippen molar-refractivity contribution in [1.82, 2.24) is 20.0 Å². The summed E-state index contributed by atoms with van der Waals surface area (Å²) in [5, 5.41) is 16.1. The molecule has 2 N–H and O–H groups in total. The predicted octanol–water partition coefficient (Wildman–Crippen LogP) is 1.18. The number of likely N-dealkylation sites (tertiary alicyclic amines) is 1. The maximum absolute atomic E-state index is 12.0. The molecule has 1 saturated heterocycles. The Balaban J connectivity index is 1.90. The van der Waals surface area contributed by atoms with Crippen LogP contribution < -0.4 is 5.32 Å². The van der Waals surface area contributed by atoms with Crippen molar-refractivity contribution in [2.45, 2.75) is 39.8 Å². The third kappa shape index (κ3) is 3.17. The number of aromatic nitrogens is 2. The number of rotatable bonds is 4. The lowest BCUT2D eigenvalue weighted by Crippen LogP contribution is -2.58. The molecular formula is C14H22N4O3. The number of nitrogens with zero attached hydrogens (tertiary/aromatic N) is 3. The summed E-state index contributed by atoms with van der Waals surface area (Å²) >= 11 is 0. The number of hydrogen-bond donors (Lipinski definition) is 2. The molecule has 1 aromatic heterocycles. The molecule has 2 rings (SSSR count). The van der Waals surface area contributed by atoms with Crippen molar-refractivity contribution in [3.8, 4) is 0 Å². The highest BCUT2D eigenvalue weighted by atomic mass is 16.4. The summed E-state index contributed by atoms with van der Waals surface area (Å²) in [5.41, 5.74) is 2.03. The van der Waals surface area contributed by atoms with Gasteiger partial charge in [0.1, 0.15) is 6.04 Å². The van der Waals surface area contributed by atoms with E-state index >= 15 is 0 Å². The fourth-order valence-corrected chi connectivity index (χ4v) is 2.53. The Morgan fingerprint density at radius 3 is 2.43 bits per heavy atom. The topological polar surface area (TPSA) is 87.5 Å². The van der Waals surface area contributed by atoms with Gasteiger partial charge in [-0.3, -0.25) is 4.68 Å². The number of aliphatic carboxylic acids is 1. The largest absolute Gasteiger partial charge is 0.480 e. The van der Waals surface area contributed by atoms with Crippen molar-refractivity contribution >= 4 is 12.0 Å². The molecule has 0 saturated carbocycles. The Hall–Kier alpha value is -2.05. The highest BCUT2D eigenvalue weighted by Gasteiger charge is 2.35. The molecule has 7 nitrogen and oxygen atoms in total. The van der Waals surface area contributed by atoms with Crippen molar-refractivity contribution in [3.05, 3.63) is 17.5 Å². The summed E-state index contributed by atoms with van der Waals surface area (Å²) in [4.78, 5) is 24.7. The summed E-state index contributed by atoms with van der Waals surface area (Å²) < 4.78 is 1.93. The van der Waals surface area contributed by atoms with E-state index in [9.17, 15) is 9.59 Å². The van der Waals surface area contributed by atoms with Gasteiger partial charge in [-0.25, -0.2) is 9.59 Å². The third-order valence-corrected chi connectivity index (χ3v) is 3.75. The van der Waals surface area contributed by atoms with Crippen LogP contribution in [0.15, 0.2) is 6.07 Å². The molecule has 116 valence electrons. The summed E-state index contributed by atoms with van der Waals surface area (Å²) in [6.07, 6.45) is 0. The number of hydrogen-bond acceptors (Lipinski definition) is 3. The molecule has 1 aliphatic rings. The van der Waals surface area contributed by atoms with Gasteiger partial charge in [0, 0.05) is 18.8 Å². The Bertz CT molecular complexity index is 546. The van der Waals surface area contributed by atoms with E-state index in [0.717, 1.165) is 11.4 Å². The van der Waals surface area contributed by atoms with Crippen LogP contribution in [0, 0.1) is 19.8 Å². The molecule has 0 aliphatic carbocycles. The number of amides is 2. The van der Waals surface area contributed by atoms with Crippen molar-refractivity contribution in [3.63, 3.8) is 0 Å². The second-order valence-corrected chi connectivity index (χ2v) is 5.94. The zero-order valence-corrected chi connectivity index (χ0v) is 12.8. The molecule has 1 aliphatic heterocycles. The van der Waals surface area contributed by atoms with Crippen molar-refractivity contribution in [2.75, 3.05) is 13.1 Å². The Morgan fingerprint density at radius 1 is 1.38 bits per heavy atom. The van der Waals surface area contributed by atoms with E-state index in [4.69, 9.17) is 5.11 Å². The van der Waals surface area contributed by atoms with Gasteiger partial charge in [0.25, 0.3) is 0 Å². The maximum Gasteiger partial charge on any atom is 0.326 e. The first-order valence-electron chi connectivity index (χ1n) is 7.10. The number of carboxylic acids is 1. The van der Waals surface area contributed by atoms with E-state index in [0.29, 0.717) is 13.1 Å². The second-order valence-electron chi connectivity index (χ2n) is 5.94. The SMILES string of the molecule is Cc1cc(C)n(C2CN(C(=O)N[C@H](C(=O)O)C(C)C)C2)n1. The standard InChI is InChI=1S/C14H22N4O3/c1-8(2)12(13(19)20)15-14(21)17-6-11(7-17)18-10(4)5-9(3)16-18/h5,8,11-12H,6-7H2,1-4H3,(H,15,21)(H,19,20)/t12-/m0/s1. The Labute approximate surface area is 123 Å². The molecule has 0 radical (unpaired) electrons. The minimum atomic E-state index is -1.01. The smallest absolute Gasteiger partial charge is 0.326 e. The van der Waals surface area contributed by atoms with Crippen LogP contribution in [0.1, 0.15) is 31.3 Å². The van der Waals surface area contributed by atoms with E-state index in [1.807, 2.05) is 24.6 Å². The van der Waals surface area contributed by atoms with Crippen LogP contribution in [0.3, 0.4) is 0 Å². The number of carbonyl (C=O) groups is 2. The normalized spacial score (nSPS) is 16.7. The first-order valence-corrected chi connectivity index (χ1v) is 7.10. The second kappa shape index (κ2) is 5.75. The first kappa shape index (κ1) is 15.3. The molecule has 2 heterocycles. The van der Waals surface area contributed by atoms with Gasteiger partial charge in [-0.15, -0.1) is 0 Å². The van der Waals surface area contributed by atoms with Crippen molar-refractivity contribution < 1.29 is 14.7 Å². The molecule has 1 atom stereocenters. The van der Waals surface area contributed by atoms with E-state index in [2.05, 4.69) is 10.4 Å². The minimum Gasteiger partial charge on any atom is -0.480 e. The molecular weight excluding hydrogens is 272 g/mol. The molecule has 0 spiro atoms. The van der Waals surface area contributed by atoms with Gasteiger partial charge >= 0.3 is 12.0 Å². The van der Waals surface area contributed by atoms with Crippen LogP contribution in [-0.2, 0) is 4.79 Å². The number of urea groups is 1. The average molecular weight is 294 g/mol. The van der Waals surface area contributed by atoms with Crippen LogP contribution >= 0.6 is 0 Å². The van der Waals surface area contributed by atoms with Crippen LogP contribution in [0.25, 0.3) is 0 Å². The van der Waals surface area contributed by atoms with Crippen LogP contribution in [0.4, 0.5) is 4.79 Å². The lowest BCUT2D eigenvalue weighted by Gasteiger charge is -2.40. The molecule has 21 heavy (non-hydrogen) atoms. The third-order valence-electron chi connectivity index (χ3n) is 3.75. The van der Waals surface area contributed by atoms with E-state index < -0.39 is 12.0 Å². The number of nitrogens with one attached hydrogen (secondary N) is 1. The Kier molecular flexibility index (Phi) is 4.20. The molecule has 0 aromatic carbocycles. The van der Waals surface area contributed by atoms with E-state index in [1.165, 1.54) is 0 Å². The monoisotopic (exact) mass is 294 g/mol. The zero-order chi connectivity index (χ0) is 15.7. The van der Waals surface area contributed by atoms with Crippen molar-refractivity contribution in [2.24, 2.45) is 5.92 Å². The fourth-order valence-electron chi connectivity index (χ4n) is 2.53. The zero-order valence-electron chi connectivity index (χ0n) is 12.8. The van der Waals surface area contributed by atoms with Crippen LogP contribution in [0.5, 0.6) is 0 Å². The van der Waals surface area contributed by atoms with Gasteiger partial charge in [-0.1, -0.05) is 13.8 Å². The fraction of sp³-hybridized carbons (Fsp3) is 0.643. The van der Waals surface area contributed by atoms with Gasteiger partial charge < -0.3 is 15.3 Å². The molecule has 0 unspecified atom stereocenters. The van der Waals surface area contributed by atoms with Gasteiger partial charge in [-0.05, 0) is 25.8 Å². The lowest BCUT2D eigenvalue weighted by atomic mass is 10.0. The number of carboxylic acid groups (broad SMARTS) is 1. The molecule has 7 heteroatoms. The minimum absolute atomic E-state index is 0.153.